The summed E-state index contributed by atoms with van der Waals surface area (Å²) in [5.41, 5.74) is 0. The smallest absolute Gasteiger partial charge is 0.320 e. The molecule has 1 atom stereocenters. The van der Waals surface area contributed by atoms with E-state index < -0.39 is 12.0 Å². The molecule has 0 bridgehead atoms. The summed E-state index contributed by atoms with van der Waals surface area (Å²) in [5.74, 6) is 0.145. The normalized spacial score (nSPS) is 12.8. The van der Waals surface area contributed by atoms with Gasteiger partial charge in [-0.2, -0.15) is 0 Å². The molecule has 102 valence electrons. The number of carboxylic acids is 1. The molecule has 19 heavy (non-hydrogen) atoms. The average molecular weight is 330 g/mol. The molecule has 7 nitrogen and oxygen atoms in total. The lowest BCUT2D eigenvalue weighted by Crippen LogP contribution is -2.35. The minimum atomic E-state index is -0.905. The van der Waals surface area contributed by atoms with Gasteiger partial charge in [0.15, 0.2) is 10.4 Å². The zero-order valence-corrected chi connectivity index (χ0v) is 11.9. The highest BCUT2D eigenvalue weighted by atomic mass is 79.9. The maximum atomic E-state index is 10.8. The third kappa shape index (κ3) is 3.21. The first-order valence-electron chi connectivity index (χ1n) is 5.48. The van der Waals surface area contributed by atoms with Crippen LogP contribution < -0.4 is 0 Å². The van der Waals surface area contributed by atoms with E-state index in [2.05, 4.69) is 26.1 Å². The van der Waals surface area contributed by atoms with E-state index in [1.54, 1.807) is 31.0 Å². The zero-order valence-electron chi connectivity index (χ0n) is 10.3. The van der Waals surface area contributed by atoms with Crippen molar-refractivity contribution in [2.75, 3.05) is 7.05 Å². The van der Waals surface area contributed by atoms with Crippen LogP contribution >= 0.6 is 15.9 Å². The van der Waals surface area contributed by atoms with E-state index in [4.69, 9.17) is 13.9 Å². The van der Waals surface area contributed by atoms with Crippen LogP contribution in [0.25, 0.3) is 11.7 Å². The SMILES string of the molecule is CC(C(=O)O)N(C)Cc1nnc(-c2ccc(Br)o2)o1. The van der Waals surface area contributed by atoms with Crippen LogP contribution in [0, 0.1) is 0 Å². The summed E-state index contributed by atoms with van der Waals surface area (Å²) < 4.78 is 11.3. The van der Waals surface area contributed by atoms with E-state index >= 15 is 0 Å². The van der Waals surface area contributed by atoms with Crippen LogP contribution in [0.3, 0.4) is 0 Å². The van der Waals surface area contributed by atoms with Crippen molar-refractivity contribution in [1.82, 2.24) is 15.1 Å². The molecule has 2 aromatic rings. The molecular weight excluding hydrogens is 318 g/mol. The quantitative estimate of drug-likeness (QED) is 0.896. The number of rotatable bonds is 5. The van der Waals surface area contributed by atoms with Gasteiger partial charge in [0.25, 0.3) is 5.89 Å². The Labute approximate surface area is 117 Å². The molecule has 8 heteroatoms. The van der Waals surface area contributed by atoms with Crippen LogP contribution in [0.15, 0.2) is 25.6 Å². The van der Waals surface area contributed by atoms with Gasteiger partial charge in [-0.05, 0) is 42.0 Å². The average Bonchev–Trinajstić information content (AvgIpc) is 2.96. The molecule has 0 amide bonds. The van der Waals surface area contributed by atoms with Gasteiger partial charge in [0.05, 0.1) is 6.54 Å². The zero-order chi connectivity index (χ0) is 14.0. The summed E-state index contributed by atoms with van der Waals surface area (Å²) in [4.78, 5) is 12.4. The summed E-state index contributed by atoms with van der Waals surface area (Å²) in [5, 5.41) is 16.6. The Morgan fingerprint density at radius 1 is 1.47 bits per heavy atom. The molecule has 0 aliphatic rings. The monoisotopic (exact) mass is 329 g/mol. The molecule has 2 heterocycles. The Kier molecular flexibility index (Phi) is 4.01. The molecule has 0 spiro atoms. The van der Waals surface area contributed by atoms with Gasteiger partial charge in [-0.15, -0.1) is 10.2 Å². The largest absolute Gasteiger partial charge is 0.480 e. The standard InChI is InChI=1S/C11H12BrN3O4/c1-6(11(16)17)15(2)5-9-13-14-10(19-9)7-3-4-8(12)18-7/h3-4,6H,5H2,1-2H3,(H,16,17). The van der Waals surface area contributed by atoms with Crippen molar-refractivity contribution in [1.29, 1.82) is 0 Å². The number of likely N-dealkylation sites (N-methyl/N-ethyl adjacent to an activating group) is 1. The van der Waals surface area contributed by atoms with Gasteiger partial charge in [0.1, 0.15) is 6.04 Å². The molecule has 0 aliphatic heterocycles. The molecule has 1 N–H and O–H groups in total. The lowest BCUT2D eigenvalue weighted by Gasteiger charge is -2.18. The predicted octanol–water partition coefficient (Wildman–Crippen LogP) is 2.00. The van der Waals surface area contributed by atoms with Crippen LogP contribution in [0.2, 0.25) is 0 Å². The third-order valence-corrected chi connectivity index (χ3v) is 3.08. The molecule has 0 aromatic carbocycles. The molecule has 0 saturated heterocycles. The Bertz CT molecular complexity index is 580. The number of nitrogens with zero attached hydrogens (tertiary/aromatic N) is 3. The van der Waals surface area contributed by atoms with E-state index in [9.17, 15) is 4.79 Å². The summed E-state index contributed by atoms with van der Waals surface area (Å²) in [6.07, 6.45) is 0. The molecule has 2 rings (SSSR count). The lowest BCUT2D eigenvalue weighted by atomic mass is 10.3. The van der Waals surface area contributed by atoms with Crippen molar-refractivity contribution in [2.24, 2.45) is 0 Å². The number of hydrogen-bond donors (Lipinski definition) is 1. The van der Waals surface area contributed by atoms with Crippen LogP contribution in [-0.4, -0.2) is 39.3 Å². The molecule has 1 unspecified atom stereocenters. The Morgan fingerprint density at radius 3 is 2.79 bits per heavy atom. The number of halogens is 1. The second-order valence-electron chi connectivity index (χ2n) is 4.03. The Hall–Kier alpha value is -1.67. The number of carboxylic acid groups (broad SMARTS) is 1. The van der Waals surface area contributed by atoms with Crippen molar-refractivity contribution < 1.29 is 18.7 Å². The van der Waals surface area contributed by atoms with Gasteiger partial charge in [0.2, 0.25) is 5.89 Å². The van der Waals surface area contributed by atoms with Crippen molar-refractivity contribution in [3.05, 3.63) is 22.7 Å². The second-order valence-corrected chi connectivity index (χ2v) is 4.82. The molecular formula is C11H12BrN3O4. The van der Waals surface area contributed by atoms with Crippen molar-refractivity contribution in [3.63, 3.8) is 0 Å². The maximum Gasteiger partial charge on any atom is 0.320 e. The highest BCUT2D eigenvalue weighted by molar-refractivity contribution is 9.10. The number of carbonyl (C=O) groups is 1. The van der Waals surface area contributed by atoms with Gasteiger partial charge in [-0.3, -0.25) is 9.69 Å². The van der Waals surface area contributed by atoms with Crippen molar-refractivity contribution in [3.8, 4) is 11.7 Å². The third-order valence-electron chi connectivity index (χ3n) is 2.65. The summed E-state index contributed by atoms with van der Waals surface area (Å²) in [6.45, 7) is 1.84. The summed E-state index contributed by atoms with van der Waals surface area (Å²) in [7, 11) is 1.67. The first kappa shape index (κ1) is 13.8. The van der Waals surface area contributed by atoms with Crippen molar-refractivity contribution >= 4 is 21.9 Å². The highest BCUT2D eigenvalue weighted by Crippen LogP contribution is 2.24. The fourth-order valence-corrected chi connectivity index (χ4v) is 1.69. The van der Waals surface area contributed by atoms with Gasteiger partial charge in [0, 0.05) is 0 Å². The van der Waals surface area contributed by atoms with Crippen LogP contribution in [0.5, 0.6) is 0 Å². The minimum Gasteiger partial charge on any atom is -0.480 e. The lowest BCUT2D eigenvalue weighted by molar-refractivity contribution is -0.142. The maximum absolute atomic E-state index is 10.8. The van der Waals surface area contributed by atoms with E-state index in [-0.39, 0.29) is 12.4 Å². The van der Waals surface area contributed by atoms with E-state index in [1.807, 2.05) is 0 Å². The molecule has 0 fully saturated rings. The number of aliphatic carboxylic acids is 1. The van der Waals surface area contributed by atoms with E-state index in [0.717, 1.165) is 0 Å². The van der Waals surface area contributed by atoms with Crippen molar-refractivity contribution in [2.45, 2.75) is 19.5 Å². The van der Waals surface area contributed by atoms with E-state index in [1.165, 1.54) is 0 Å². The fraction of sp³-hybridized carbons (Fsp3) is 0.364. The second kappa shape index (κ2) is 5.54. The molecule has 2 aromatic heterocycles. The van der Waals surface area contributed by atoms with Gasteiger partial charge < -0.3 is 13.9 Å². The fourth-order valence-electron chi connectivity index (χ4n) is 1.39. The highest BCUT2D eigenvalue weighted by Gasteiger charge is 2.20. The first-order valence-corrected chi connectivity index (χ1v) is 6.28. The molecule has 0 radical (unpaired) electrons. The molecule has 0 saturated carbocycles. The van der Waals surface area contributed by atoms with Crippen LogP contribution in [-0.2, 0) is 11.3 Å². The van der Waals surface area contributed by atoms with Gasteiger partial charge in [-0.25, -0.2) is 0 Å². The Morgan fingerprint density at radius 2 is 2.21 bits per heavy atom. The van der Waals surface area contributed by atoms with Crippen LogP contribution in [0.1, 0.15) is 12.8 Å². The minimum absolute atomic E-state index is 0.252. The summed E-state index contributed by atoms with van der Waals surface area (Å²) >= 11 is 3.18. The molecule has 0 aliphatic carbocycles. The predicted molar refractivity (Wildman–Crippen MR) is 68.3 cm³/mol. The summed E-state index contributed by atoms with van der Waals surface area (Å²) in [6, 6.07) is 2.79. The first-order chi connectivity index (χ1) is 8.97. The number of hydrogen-bond acceptors (Lipinski definition) is 6. The topological polar surface area (TPSA) is 92.6 Å². The number of furan rings is 1. The number of aromatic nitrogens is 2. The Balaban J connectivity index is 2.07. The van der Waals surface area contributed by atoms with E-state index in [0.29, 0.717) is 16.3 Å². The van der Waals surface area contributed by atoms with Crippen LogP contribution in [0.4, 0.5) is 0 Å². The van der Waals surface area contributed by atoms with Gasteiger partial charge >= 0.3 is 5.97 Å². The van der Waals surface area contributed by atoms with Gasteiger partial charge in [-0.1, -0.05) is 0 Å².